The maximum Gasteiger partial charge on any atom is 0.137 e. The van der Waals surface area contributed by atoms with E-state index in [0.717, 1.165) is 24.2 Å². The molecule has 0 radical (unpaired) electrons. The van der Waals surface area contributed by atoms with E-state index < -0.39 is 0 Å². The van der Waals surface area contributed by atoms with Gasteiger partial charge in [0.1, 0.15) is 5.75 Å². The fourth-order valence-electron chi connectivity index (χ4n) is 2.35. The van der Waals surface area contributed by atoms with Gasteiger partial charge in [-0.1, -0.05) is 24.6 Å². The molecule has 1 aromatic heterocycles. The summed E-state index contributed by atoms with van der Waals surface area (Å²) < 4.78 is 7.22. The molecule has 5 heteroatoms. The van der Waals surface area contributed by atoms with Crippen LogP contribution in [-0.4, -0.2) is 23.4 Å². The Kier molecular flexibility index (Phi) is 5.26. The van der Waals surface area contributed by atoms with Crippen molar-refractivity contribution >= 4 is 11.6 Å². The quantitative estimate of drug-likeness (QED) is 0.888. The summed E-state index contributed by atoms with van der Waals surface area (Å²) in [6.45, 7) is 5.17. The fourth-order valence-corrected chi connectivity index (χ4v) is 2.55. The normalized spacial score (nSPS) is 12.4. The number of halogens is 1. The van der Waals surface area contributed by atoms with E-state index in [2.05, 4.69) is 24.3 Å². The van der Waals surface area contributed by atoms with E-state index in [4.69, 9.17) is 16.3 Å². The number of ether oxygens (including phenoxy) is 1. The molecule has 0 aliphatic carbocycles. The zero-order valence-electron chi connectivity index (χ0n) is 13.0. The predicted molar refractivity (Wildman–Crippen MR) is 86.1 cm³/mol. The van der Waals surface area contributed by atoms with E-state index >= 15 is 0 Å². The molecule has 1 heterocycles. The molecular weight excluding hydrogens is 286 g/mol. The molecule has 0 saturated carbocycles. The lowest BCUT2D eigenvalue weighted by atomic mass is 9.99. The van der Waals surface area contributed by atoms with Gasteiger partial charge in [0.25, 0.3) is 0 Å². The number of hydrogen-bond acceptors (Lipinski definition) is 3. The Labute approximate surface area is 131 Å². The highest BCUT2D eigenvalue weighted by Gasteiger charge is 2.19. The Morgan fingerprint density at radius 3 is 2.76 bits per heavy atom. The predicted octanol–water partition coefficient (Wildman–Crippen LogP) is 3.48. The lowest BCUT2D eigenvalue weighted by Crippen LogP contribution is -2.23. The number of aryl methyl sites for hydroxylation is 1. The summed E-state index contributed by atoms with van der Waals surface area (Å²) >= 11 is 6.12. The number of rotatable bonds is 6. The van der Waals surface area contributed by atoms with Crippen LogP contribution in [0.25, 0.3) is 0 Å². The van der Waals surface area contributed by atoms with Crippen LogP contribution in [0.4, 0.5) is 0 Å². The van der Waals surface area contributed by atoms with E-state index in [0.29, 0.717) is 10.8 Å². The lowest BCUT2D eigenvalue weighted by Gasteiger charge is -2.20. The third-order valence-electron chi connectivity index (χ3n) is 3.69. The van der Waals surface area contributed by atoms with E-state index in [1.807, 2.05) is 36.1 Å². The summed E-state index contributed by atoms with van der Waals surface area (Å²) in [4.78, 5) is 0. The monoisotopic (exact) mass is 307 g/mol. The van der Waals surface area contributed by atoms with Gasteiger partial charge in [0, 0.05) is 18.3 Å². The zero-order valence-corrected chi connectivity index (χ0v) is 13.7. The van der Waals surface area contributed by atoms with Crippen molar-refractivity contribution < 1.29 is 4.74 Å². The van der Waals surface area contributed by atoms with Gasteiger partial charge in [0.05, 0.1) is 24.4 Å². The van der Waals surface area contributed by atoms with Crippen LogP contribution in [0.3, 0.4) is 0 Å². The van der Waals surface area contributed by atoms with Gasteiger partial charge in [-0.2, -0.15) is 5.10 Å². The molecule has 0 aliphatic heterocycles. The first kappa shape index (κ1) is 15.9. The molecular formula is C16H22ClN3O. The Balaban J connectivity index is 2.42. The van der Waals surface area contributed by atoms with Crippen LogP contribution in [0.1, 0.15) is 36.2 Å². The Hall–Kier alpha value is -1.52. The summed E-state index contributed by atoms with van der Waals surface area (Å²) in [5.74, 6) is 0.694. The Bertz CT molecular complexity index is 610. The highest BCUT2D eigenvalue weighted by molar-refractivity contribution is 6.32. The second kappa shape index (κ2) is 6.96. The minimum absolute atomic E-state index is 0.0878. The molecule has 21 heavy (non-hydrogen) atoms. The summed E-state index contributed by atoms with van der Waals surface area (Å²) in [5, 5.41) is 8.55. The minimum Gasteiger partial charge on any atom is -0.495 e. The molecule has 0 fully saturated rings. The number of methoxy groups -OCH3 is 1. The second-order valence-corrected chi connectivity index (χ2v) is 5.50. The molecule has 0 saturated heterocycles. The van der Waals surface area contributed by atoms with Gasteiger partial charge in [-0.25, -0.2) is 0 Å². The number of nitrogens with zero attached hydrogens (tertiary/aromatic N) is 2. The van der Waals surface area contributed by atoms with Gasteiger partial charge >= 0.3 is 0 Å². The van der Waals surface area contributed by atoms with Crippen molar-refractivity contribution in [3.05, 3.63) is 46.2 Å². The average Bonchev–Trinajstić information content (AvgIpc) is 2.81. The molecule has 2 aromatic rings. The first-order chi connectivity index (χ1) is 10.1. The van der Waals surface area contributed by atoms with Crippen LogP contribution in [-0.2, 0) is 7.05 Å². The number of aromatic nitrogens is 2. The van der Waals surface area contributed by atoms with Crippen molar-refractivity contribution in [1.82, 2.24) is 15.1 Å². The van der Waals surface area contributed by atoms with Crippen molar-refractivity contribution in [2.45, 2.75) is 26.3 Å². The van der Waals surface area contributed by atoms with Crippen LogP contribution in [0, 0.1) is 6.92 Å². The van der Waals surface area contributed by atoms with Crippen molar-refractivity contribution in [2.75, 3.05) is 13.7 Å². The first-order valence-corrected chi connectivity index (χ1v) is 7.51. The highest BCUT2D eigenvalue weighted by atomic mass is 35.5. The van der Waals surface area contributed by atoms with Gasteiger partial charge in [-0.15, -0.1) is 0 Å². The lowest BCUT2D eigenvalue weighted by molar-refractivity contribution is 0.414. The van der Waals surface area contributed by atoms with Crippen LogP contribution in [0.2, 0.25) is 5.02 Å². The van der Waals surface area contributed by atoms with E-state index in [1.54, 1.807) is 7.11 Å². The number of hydrogen-bond donors (Lipinski definition) is 1. The molecule has 1 unspecified atom stereocenters. The third kappa shape index (κ3) is 3.39. The molecule has 4 nitrogen and oxygen atoms in total. The molecule has 0 aliphatic rings. The smallest absolute Gasteiger partial charge is 0.137 e. The van der Waals surface area contributed by atoms with Crippen molar-refractivity contribution in [3.63, 3.8) is 0 Å². The summed E-state index contributed by atoms with van der Waals surface area (Å²) in [6, 6.07) is 5.99. The first-order valence-electron chi connectivity index (χ1n) is 7.13. The molecule has 1 N–H and O–H groups in total. The van der Waals surface area contributed by atoms with Gasteiger partial charge < -0.3 is 10.1 Å². The van der Waals surface area contributed by atoms with Crippen molar-refractivity contribution in [1.29, 1.82) is 0 Å². The van der Waals surface area contributed by atoms with Crippen LogP contribution >= 0.6 is 11.6 Å². The molecule has 0 spiro atoms. The van der Waals surface area contributed by atoms with E-state index in [1.165, 1.54) is 5.56 Å². The standard InChI is InChI=1S/C16H22ClN3O/c1-5-8-18-16(13-10-19-20(3)11(13)2)12-6-7-14(17)15(9-12)21-4/h6-7,9-10,16,18H,5,8H2,1-4H3. The molecule has 114 valence electrons. The largest absolute Gasteiger partial charge is 0.495 e. The molecule has 2 rings (SSSR count). The van der Waals surface area contributed by atoms with Gasteiger partial charge in [-0.05, 0) is 37.6 Å². The minimum atomic E-state index is 0.0878. The van der Waals surface area contributed by atoms with E-state index in [9.17, 15) is 0 Å². The zero-order chi connectivity index (χ0) is 15.4. The third-order valence-corrected chi connectivity index (χ3v) is 4.00. The van der Waals surface area contributed by atoms with Gasteiger partial charge in [-0.3, -0.25) is 4.68 Å². The summed E-state index contributed by atoms with van der Waals surface area (Å²) in [5.41, 5.74) is 3.45. The van der Waals surface area contributed by atoms with Gasteiger partial charge in [0.2, 0.25) is 0 Å². The summed E-state index contributed by atoms with van der Waals surface area (Å²) in [7, 11) is 3.59. The number of nitrogens with one attached hydrogen (secondary N) is 1. The molecule has 0 bridgehead atoms. The fraction of sp³-hybridized carbons (Fsp3) is 0.438. The van der Waals surface area contributed by atoms with Crippen molar-refractivity contribution in [2.24, 2.45) is 7.05 Å². The molecule has 1 atom stereocenters. The second-order valence-electron chi connectivity index (χ2n) is 5.09. The van der Waals surface area contributed by atoms with Gasteiger partial charge in [0.15, 0.2) is 0 Å². The SMILES string of the molecule is CCCNC(c1ccc(Cl)c(OC)c1)c1cnn(C)c1C. The van der Waals surface area contributed by atoms with E-state index in [-0.39, 0.29) is 6.04 Å². The van der Waals surface area contributed by atoms with Crippen molar-refractivity contribution in [3.8, 4) is 5.75 Å². The molecule has 1 aromatic carbocycles. The van der Waals surface area contributed by atoms with Crippen LogP contribution < -0.4 is 10.1 Å². The number of benzene rings is 1. The Morgan fingerprint density at radius 2 is 2.19 bits per heavy atom. The average molecular weight is 308 g/mol. The molecule has 0 amide bonds. The summed E-state index contributed by atoms with van der Waals surface area (Å²) in [6.07, 6.45) is 2.99. The van der Waals surface area contributed by atoms with Crippen LogP contribution in [0.5, 0.6) is 5.75 Å². The topological polar surface area (TPSA) is 39.1 Å². The maximum atomic E-state index is 6.12. The highest BCUT2D eigenvalue weighted by Crippen LogP contribution is 2.31. The Morgan fingerprint density at radius 1 is 1.43 bits per heavy atom. The maximum absolute atomic E-state index is 6.12. The van der Waals surface area contributed by atoms with Crippen LogP contribution in [0.15, 0.2) is 24.4 Å².